The van der Waals surface area contributed by atoms with E-state index < -0.39 is 10.0 Å². The summed E-state index contributed by atoms with van der Waals surface area (Å²) >= 11 is 1.18. The van der Waals surface area contributed by atoms with E-state index in [1.54, 1.807) is 23.6 Å². The highest BCUT2D eigenvalue weighted by Crippen LogP contribution is 2.20. The van der Waals surface area contributed by atoms with Gasteiger partial charge in [0.05, 0.1) is 0 Å². The van der Waals surface area contributed by atoms with Gasteiger partial charge in [-0.3, -0.25) is 4.79 Å². The summed E-state index contributed by atoms with van der Waals surface area (Å²) in [7, 11) is -1.95. The standard InChI is InChI=1S/C23H22N2O3S2/c1-25(30(27,28)23-13-7-17-29-23)16-6-12-22(26)24-21-11-5-10-20(18-21)15-14-19-8-3-2-4-9-19/h2-5,7-11,13,17-18H,6,12,16H2,1H3,(H,24,26). The number of rotatable bonds is 7. The Bertz CT molecular complexity index is 1150. The largest absolute Gasteiger partial charge is 0.326 e. The lowest BCUT2D eigenvalue weighted by atomic mass is 10.1. The van der Waals surface area contributed by atoms with Crippen molar-refractivity contribution < 1.29 is 13.2 Å². The van der Waals surface area contributed by atoms with E-state index in [2.05, 4.69) is 17.2 Å². The molecule has 3 rings (SSSR count). The molecule has 0 radical (unpaired) electrons. The summed E-state index contributed by atoms with van der Waals surface area (Å²) in [6.07, 6.45) is 0.657. The fraction of sp³-hybridized carbons (Fsp3) is 0.174. The van der Waals surface area contributed by atoms with E-state index in [1.165, 1.54) is 22.7 Å². The molecule has 1 N–H and O–H groups in total. The summed E-state index contributed by atoms with van der Waals surface area (Å²) in [5.74, 6) is 6.02. The zero-order valence-electron chi connectivity index (χ0n) is 16.5. The predicted molar refractivity (Wildman–Crippen MR) is 121 cm³/mol. The molecule has 0 unspecified atom stereocenters. The minimum absolute atomic E-state index is 0.162. The van der Waals surface area contributed by atoms with Crippen molar-refractivity contribution >= 4 is 33.0 Å². The van der Waals surface area contributed by atoms with Gasteiger partial charge in [0, 0.05) is 36.8 Å². The third kappa shape index (κ3) is 6.04. The summed E-state index contributed by atoms with van der Waals surface area (Å²) < 4.78 is 26.4. The second-order valence-electron chi connectivity index (χ2n) is 6.61. The Kier molecular flexibility index (Phi) is 7.41. The Morgan fingerprint density at radius 1 is 1.00 bits per heavy atom. The molecule has 1 aromatic heterocycles. The number of nitrogens with zero attached hydrogens (tertiary/aromatic N) is 1. The number of anilines is 1. The molecule has 1 amide bonds. The van der Waals surface area contributed by atoms with Crippen molar-refractivity contribution in [2.75, 3.05) is 18.9 Å². The molecular formula is C23H22N2O3S2. The first-order valence-corrected chi connectivity index (χ1v) is 11.7. The van der Waals surface area contributed by atoms with E-state index in [0.717, 1.165) is 11.1 Å². The van der Waals surface area contributed by atoms with Crippen LogP contribution >= 0.6 is 11.3 Å². The van der Waals surface area contributed by atoms with Crippen LogP contribution in [0.1, 0.15) is 24.0 Å². The number of carbonyl (C=O) groups excluding carboxylic acids is 1. The summed E-state index contributed by atoms with van der Waals surface area (Å²) in [5.41, 5.74) is 2.39. The molecule has 0 saturated heterocycles. The highest BCUT2D eigenvalue weighted by Gasteiger charge is 2.21. The van der Waals surface area contributed by atoms with E-state index >= 15 is 0 Å². The maximum Gasteiger partial charge on any atom is 0.252 e. The molecule has 3 aromatic rings. The lowest BCUT2D eigenvalue weighted by Crippen LogP contribution is -2.28. The molecule has 0 aliphatic heterocycles. The van der Waals surface area contributed by atoms with Crippen LogP contribution in [0.25, 0.3) is 0 Å². The van der Waals surface area contributed by atoms with Crippen molar-refractivity contribution in [3.05, 3.63) is 83.2 Å². The number of hydrogen-bond donors (Lipinski definition) is 1. The highest BCUT2D eigenvalue weighted by molar-refractivity contribution is 7.91. The van der Waals surface area contributed by atoms with Gasteiger partial charge in [0.15, 0.2) is 0 Å². The summed E-state index contributed by atoms with van der Waals surface area (Å²) in [6.45, 7) is 0.274. The molecule has 154 valence electrons. The molecule has 30 heavy (non-hydrogen) atoms. The van der Waals surface area contributed by atoms with Crippen molar-refractivity contribution in [3.63, 3.8) is 0 Å². The van der Waals surface area contributed by atoms with Gasteiger partial charge < -0.3 is 5.32 Å². The van der Waals surface area contributed by atoms with Crippen LogP contribution in [0, 0.1) is 11.8 Å². The minimum Gasteiger partial charge on any atom is -0.326 e. The van der Waals surface area contributed by atoms with Crippen molar-refractivity contribution in [1.82, 2.24) is 4.31 Å². The van der Waals surface area contributed by atoms with Crippen molar-refractivity contribution in [2.24, 2.45) is 0 Å². The second kappa shape index (κ2) is 10.2. The zero-order valence-corrected chi connectivity index (χ0v) is 18.2. The van der Waals surface area contributed by atoms with Crippen molar-refractivity contribution in [3.8, 4) is 11.8 Å². The molecule has 1 heterocycles. The van der Waals surface area contributed by atoms with Gasteiger partial charge >= 0.3 is 0 Å². The first kappa shape index (κ1) is 21.8. The number of sulfonamides is 1. The van der Waals surface area contributed by atoms with Crippen LogP contribution in [-0.4, -0.2) is 32.2 Å². The number of amides is 1. The lowest BCUT2D eigenvalue weighted by Gasteiger charge is -2.15. The number of thiophene rings is 1. The van der Waals surface area contributed by atoms with Crippen LogP contribution in [0.5, 0.6) is 0 Å². The van der Waals surface area contributed by atoms with Crippen LogP contribution in [-0.2, 0) is 14.8 Å². The number of benzene rings is 2. The third-order valence-corrected chi connectivity index (χ3v) is 7.54. The average molecular weight is 439 g/mol. The van der Waals surface area contributed by atoms with Crippen LogP contribution < -0.4 is 5.32 Å². The van der Waals surface area contributed by atoms with Crippen molar-refractivity contribution in [1.29, 1.82) is 0 Å². The topological polar surface area (TPSA) is 66.5 Å². The molecule has 5 nitrogen and oxygen atoms in total. The van der Waals surface area contributed by atoms with Crippen LogP contribution in [0.4, 0.5) is 5.69 Å². The van der Waals surface area contributed by atoms with E-state index in [0.29, 0.717) is 16.3 Å². The summed E-state index contributed by atoms with van der Waals surface area (Å²) in [6, 6.07) is 20.3. The molecule has 0 aliphatic rings. The summed E-state index contributed by atoms with van der Waals surface area (Å²) in [5, 5.41) is 4.58. The molecule has 2 aromatic carbocycles. The fourth-order valence-electron chi connectivity index (χ4n) is 2.71. The predicted octanol–water partition coefficient (Wildman–Crippen LogP) is 4.19. The first-order valence-electron chi connectivity index (χ1n) is 9.42. The van der Waals surface area contributed by atoms with Crippen LogP contribution in [0.2, 0.25) is 0 Å². The number of nitrogens with one attached hydrogen (secondary N) is 1. The summed E-state index contributed by atoms with van der Waals surface area (Å²) in [4.78, 5) is 12.2. The van der Waals surface area contributed by atoms with Gasteiger partial charge in [-0.15, -0.1) is 11.3 Å². The van der Waals surface area contributed by atoms with Gasteiger partial charge in [0.1, 0.15) is 4.21 Å². The molecule has 0 saturated carbocycles. The van der Waals surface area contributed by atoms with Gasteiger partial charge in [-0.05, 0) is 48.2 Å². The van der Waals surface area contributed by atoms with Gasteiger partial charge in [-0.1, -0.05) is 42.2 Å². The first-order chi connectivity index (χ1) is 14.4. The van der Waals surface area contributed by atoms with Crippen molar-refractivity contribution in [2.45, 2.75) is 17.1 Å². The Labute approximate surface area is 181 Å². The van der Waals surface area contributed by atoms with E-state index in [1.807, 2.05) is 48.5 Å². The second-order valence-corrected chi connectivity index (χ2v) is 9.83. The lowest BCUT2D eigenvalue weighted by molar-refractivity contribution is -0.116. The van der Waals surface area contributed by atoms with E-state index in [9.17, 15) is 13.2 Å². The van der Waals surface area contributed by atoms with E-state index in [4.69, 9.17) is 0 Å². The molecule has 0 bridgehead atoms. The fourth-order valence-corrected chi connectivity index (χ4v) is 5.12. The Hall–Kier alpha value is -2.92. The minimum atomic E-state index is -3.48. The molecule has 0 atom stereocenters. The maximum atomic E-state index is 12.4. The van der Waals surface area contributed by atoms with Gasteiger partial charge in [0.25, 0.3) is 10.0 Å². The van der Waals surface area contributed by atoms with Gasteiger partial charge in [-0.2, -0.15) is 0 Å². The Balaban J connectivity index is 1.51. The monoisotopic (exact) mass is 438 g/mol. The Morgan fingerprint density at radius 2 is 1.73 bits per heavy atom. The number of carbonyl (C=O) groups is 1. The van der Waals surface area contributed by atoms with Crippen LogP contribution in [0.15, 0.2) is 76.3 Å². The number of hydrogen-bond acceptors (Lipinski definition) is 4. The Morgan fingerprint density at radius 3 is 2.47 bits per heavy atom. The van der Waals surface area contributed by atoms with Gasteiger partial charge in [-0.25, -0.2) is 12.7 Å². The average Bonchev–Trinajstić information content (AvgIpc) is 3.29. The zero-order chi connectivity index (χ0) is 21.4. The molecule has 7 heteroatoms. The van der Waals surface area contributed by atoms with Crippen LogP contribution in [0.3, 0.4) is 0 Å². The molecule has 0 spiro atoms. The van der Waals surface area contributed by atoms with E-state index in [-0.39, 0.29) is 18.9 Å². The molecule has 0 aliphatic carbocycles. The highest BCUT2D eigenvalue weighted by atomic mass is 32.2. The third-order valence-electron chi connectivity index (χ3n) is 4.31. The molecular weight excluding hydrogens is 416 g/mol. The smallest absolute Gasteiger partial charge is 0.252 e. The maximum absolute atomic E-state index is 12.4. The normalized spacial score (nSPS) is 11.0. The SMILES string of the molecule is CN(CCCC(=O)Nc1cccc(C#Cc2ccccc2)c1)S(=O)(=O)c1cccs1. The quantitative estimate of drug-likeness (QED) is 0.563. The molecule has 0 fully saturated rings. The van der Waals surface area contributed by atoms with Gasteiger partial charge in [0.2, 0.25) is 5.91 Å².